The van der Waals surface area contributed by atoms with E-state index in [9.17, 15) is 9.59 Å². The van der Waals surface area contributed by atoms with Gasteiger partial charge in [0.05, 0.1) is 13.2 Å². The van der Waals surface area contributed by atoms with Crippen LogP contribution in [0.15, 0.2) is 0 Å². The average Bonchev–Trinajstić information content (AvgIpc) is 2.61. The summed E-state index contributed by atoms with van der Waals surface area (Å²) in [4.78, 5) is 24.4. The molecule has 0 saturated heterocycles. The van der Waals surface area contributed by atoms with E-state index in [1.54, 1.807) is 0 Å². The first-order chi connectivity index (χ1) is 13.2. The fourth-order valence-corrected chi connectivity index (χ4v) is 2.88. The van der Waals surface area contributed by atoms with Crippen LogP contribution in [0.4, 0.5) is 4.79 Å². The average molecular weight is 400 g/mol. The van der Waals surface area contributed by atoms with Crippen LogP contribution >= 0.6 is 0 Å². The Hall–Kier alpha value is -1.26. The lowest BCUT2D eigenvalue weighted by atomic mass is 9.87. The molecule has 0 aromatic rings. The number of esters is 1. The van der Waals surface area contributed by atoms with Gasteiger partial charge in [0.15, 0.2) is 0 Å². The zero-order chi connectivity index (χ0) is 21.4. The molecule has 0 heterocycles. The number of unbranched alkanes of at least 4 members (excludes halogenated alkanes) is 9. The number of hydrogen-bond donors (Lipinski definition) is 1. The Balaban J connectivity index is 3.99. The molecule has 166 valence electrons. The van der Waals surface area contributed by atoms with Gasteiger partial charge in [-0.3, -0.25) is 0 Å². The van der Waals surface area contributed by atoms with Crippen molar-refractivity contribution in [3.8, 4) is 0 Å². The summed E-state index contributed by atoms with van der Waals surface area (Å²) in [7, 11) is 0. The highest BCUT2D eigenvalue weighted by molar-refractivity contribution is 5.82. The zero-order valence-corrected chi connectivity index (χ0v) is 19.3. The molecule has 0 bridgehead atoms. The molecule has 0 radical (unpaired) electrons. The van der Waals surface area contributed by atoms with Gasteiger partial charge in [-0.25, -0.2) is 9.59 Å². The van der Waals surface area contributed by atoms with Crippen molar-refractivity contribution in [1.29, 1.82) is 0 Å². The van der Waals surface area contributed by atoms with Crippen molar-refractivity contribution in [2.75, 3.05) is 13.2 Å². The van der Waals surface area contributed by atoms with E-state index in [4.69, 9.17) is 9.47 Å². The Morgan fingerprint density at radius 1 is 0.821 bits per heavy atom. The van der Waals surface area contributed by atoms with Gasteiger partial charge in [0.1, 0.15) is 6.04 Å². The van der Waals surface area contributed by atoms with Crippen LogP contribution in [0.5, 0.6) is 0 Å². The second-order valence-corrected chi connectivity index (χ2v) is 9.29. The molecule has 0 rings (SSSR count). The molecule has 1 amide bonds. The molecule has 0 fully saturated rings. The summed E-state index contributed by atoms with van der Waals surface area (Å²) < 4.78 is 10.6. The maximum atomic E-state index is 12.4. The maximum absolute atomic E-state index is 12.4. The van der Waals surface area contributed by atoms with E-state index < -0.39 is 17.6 Å². The van der Waals surface area contributed by atoms with Crippen molar-refractivity contribution < 1.29 is 19.1 Å². The molecule has 1 unspecified atom stereocenters. The van der Waals surface area contributed by atoms with Crippen molar-refractivity contribution in [1.82, 2.24) is 5.32 Å². The van der Waals surface area contributed by atoms with Crippen LogP contribution < -0.4 is 5.32 Å². The van der Waals surface area contributed by atoms with E-state index in [0.29, 0.717) is 13.2 Å². The van der Waals surface area contributed by atoms with Gasteiger partial charge < -0.3 is 14.8 Å². The van der Waals surface area contributed by atoms with Crippen LogP contribution in [0.25, 0.3) is 0 Å². The molecule has 1 N–H and O–H groups in total. The minimum atomic E-state index is -0.713. The second-order valence-electron chi connectivity index (χ2n) is 9.29. The molecule has 5 nitrogen and oxygen atoms in total. The standard InChI is InChI=1S/C23H45NO4/c1-7-8-9-10-11-12-13-14-15-16-17-27-21(25)20(23(4,5)6)24-22(26)28-18-19(2)3/h19-20H,7-18H2,1-6H3,(H,24,26). The Morgan fingerprint density at radius 2 is 1.32 bits per heavy atom. The van der Waals surface area contributed by atoms with Crippen molar-refractivity contribution in [3.63, 3.8) is 0 Å². The number of alkyl carbamates (subject to hydrolysis) is 1. The van der Waals surface area contributed by atoms with Crippen LogP contribution in [0.1, 0.15) is 106 Å². The van der Waals surface area contributed by atoms with Crippen LogP contribution in [-0.4, -0.2) is 31.3 Å². The van der Waals surface area contributed by atoms with E-state index in [2.05, 4.69) is 12.2 Å². The monoisotopic (exact) mass is 399 g/mol. The summed E-state index contributed by atoms with van der Waals surface area (Å²) in [6.45, 7) is 12.6. The largest absolute Gasteiger partial charge is 0.464 e. The van der Waals surface area contributed by atoms with Gasteiger partial charge in [-0.05, 0) is 17.8 Å². The summed E-state index contributed by atoms with van der Waals surface area (Å²) in [5.41, 5.74) is -0.439. The first-order valence-electron chi connectivity index (χ1n) is 11.3. The Morgan fingerprint density at radius 3 is 1.79 bits per heavy atom. The first-order valence-corrected chi connectivity index (χ1v) is 11.3. The highest BCUT2D eigenvalue weighted by Crippen LogP contribution is 2.21. The molecule has 0 aromatic heterocycles. The molecular formula is C23H45NO4. The van der Waals surface area contributed by atoms with Crippen LogP contribution in [-0.2, 0) is 14.3 Å². The van der Waals surface area contributed by atoms with Gasteiger partial charge in [-0.1, -0.05) is 99.3 Å². The third kappa shape index (κ3) is 14.8. The number of carbonyl (C=O) groups excluding carboxylic acids is 2. The van der Waals surface area contributed by atoms with E-state index in [1.807, 2.05) is 34.6 Å². The predicted octanol–water partition coefficient (Wildman–Crippen LogP) is 6.25. The molecule has 0 saturated carbocycles. The molecule has 0 aromatic carbocycles. The number of ether oxygens (including phenoxy) is 2. The van der Waals surface area contributed by atoms with Crippen molar-refractivity contribution in [2.45, 2.75) is 112 Å². The number of rotatable bonds is 15. The SMILES string of the molecule is CCCCCCCCCCCCOC(=O)C(NC(=O)OCC(C)C)C(C)(C)C. The predicted molar refractivity (Wildman–Crippen MR) is 115 cm³/mol. The molecule has 0 spiro atoms. The lowest BCUT2D eigenvalue weighted by Crippen LogP contribution is -2.50. The quantitative estimate of drug-likeness (QED) is 0.261. The van der Waals surface area contributed by atoms with Gasteiger partial charge in [0.25, 0.3) is 0 Å². The smallest absolute Gasteiger partial charge is 0.407 e. The number of amides is 1. The minimum absolute atomic E-state index is 0.252. The molecule has 0 aliphatic heterocycles. The Bertz CT molecular complexity index is 415. The van der Waals surface area contributed by atoms with Crippen molar-refractivity contribution in [2.24, 2.45) is 11.3 Å². The molecular weight excluding hydrogens is 354 g/mol. The number of hydrogen-bond acceptors (Lipinski definition) is 4. The summed E-state index contributed by atoms with van der Waals surface area (Å²) in [5.74, 6) is -0.132. The van der Waals surface area contributed by atoms with Crippen LogP contribution in [0.3, 0.4) is 0 Å². The summed E-state index contributed by atoms with van der Waals surface area (Å²) >= 11 is 0. The fraction of sp³-hybridized carbons (Fsp3) is 0.913. The van der Waals surface area contributed by atoms with Crippen LogP contribution in [0, 0.1) is 11.3 Å². The van der Waals surface area contributed by atoms with E-state index in [1.165, 1.54) is 51.4 Å². The normalized spacial score (nSPS) is 12.7. The van der Waals surface area contributed by atoms with Crippen LogP contribution in [0.2, 0.25) is 0 Å². The minimum Gasteiger partial charge on any atom is -0.464 e. The van der Waals surface area contributed by atoms with E-state index in [-0.39, 0.29) is 11.9 Å². The molecule has 1 atom stereocenters. The number of carbonyl (C=O) groups is 2. The highest BCUT2D eigenvalue weighted by atomic mass is 16.6. The third-order valence-electron chi connectivity index (χ3n) is 4.65. The lowest BCUT2D eigenvalue weighted by Gasteiger charge is -2.29. The first kappa shape index (κ1) is 26.7. The molecule has 28 heavy (non-hydrogen) atoms. The number of nitrogens with one attached hydrogen (secondary N) is 1. The van der Waals surface area contributed by atoms with Gasteiger partial charge in [0, 0.05) is 0 Å². The van der Waals surface area contributed by atoms with Gasteiger partial charge in [-0.2, -0.15) is 0 Å². The van der Waals surface area contributed by atoms with Gasteiger partial charge >= 0.3 is 12.1 Å². The zero-order valence-electron chi connectivity index (χ0n) is 19.3. The summed E-state index contributed by atoms with van der Waals surface area (Å²) in [6, 6.07) is -0.713. The van der Waals surface area contributed by atoms with E-state index >= 15 is 0 Å². The Kier molecular flexibility index (Phi) is 14.9. The summed E-state index contributed by atoms with van der Waals surface area (Å²) in [5, 5.41) is 2.67. The summed E-state index contributed by atoms with van der Waals surface area (Å²) in [6.07, 6.45) is 11.8. The molecule has 5 heteroatoms. The second kappa shape index (κ2) is 15.6. The highest BCUT2D eigenvalue weighted by Gasteiger charge is 2.34. The topological polar surface area (TPSA) is 64.6 Å². The third-order valence-corrected chi connectivity index (χ3v) is 4.65. The molecule has 0 aliphatic carbocycles. The van der Waals surface area contributed by atoms with Crippen molar-refractivity contribution >= 4 is 12.1 Å². The lowest BCUT2D eigenvalue weighted by molar-refractivity contribution is -0.149. The van der Waals surface area contributed by atoms with Gasteiger partial charge in [-0.15, -0.1) is 0 Å². The fourth-order valence-electron chi connectivity index (χ4n) is 2.88. The molecule has 0 aliphatic rings. The van der Waals surface area contributed by atoms with E-state index in [0.717, 1.165) is 12.8 Å². The van der Waals surface area contributed by atoms with Crippen molar-refractivity contribution in [3.05, 3.63) is 0 Å². The maximum Gasteiger partial charge on any atom is 0.407 e. The Labute approximate surface area is 173 Å². The van der Waals surface area contributed by atoms with Gasteiger partial charge in [0.2, 0.25) is 0 Å².